The maximum Gasteiger partial charge on any atom is 0.410 e. The maximum atomic E-state index is 12.7. The molecule has 0 aromatic heterocycles. The number of Topliss-reactive ketones (excluding diaryl/α,β-unsaturated/α-hetero) is 1. The largest absolute Gasteiger partial charge is 0.444 e. The van der Waals surface area contributed by atoms with E-state index >= 15 is 0 Å². The van der Waals surface area contributed by atoms with Crippen LogP contribution in [0.3, 0.4) is 0 Å². The van der Waals surface area contributed by atoms with Crippen LogP contribution in [0.5, 0.6) is 0 Å². The van der Waals surface area contributed by atoms with Gasteiger partial charge in [-0.3, -0.25) is 4.79 Å². The molecular formula is C19H25Cl2NO3. The van der Waals surface area contributed by atoms with Crippen LogP contribution in [0.15, 0.2) is 18.2 Å². The molecule has 0 aliphatic carbocycles. The molecule has 0 spiro atoms. The van der Waals surface area contributed by atoms with Gasteiger partial charge in [0.15, 0.2) is 5.78 Å². The highest BCUT2D eigenvalue weighted by molar-refractivity contribution is 6.43. The number of piperidine rings is 1. The van der Waals surface area contributed by atoms with Crippen molar-refractivity contribution in [3.8, 4) is 0 Å². The van der Waals surface area contributed by atoms with Gasteiger partial charge in [0.25, 0.3) is 0 Å². The van der Waals surface area contributed by atoms with E-state index in [1.807, 2.05) is 27.7 Å². The fourth-order valence-corrected chi connectivity index (χ4v) is 3.58. The number of ketones is 1. The van der Waals surface area contributed by atoms with Crippen molar-refractivity contribution < 1.29 is 14.3 Å². The molecule has 25 heavy (non-hydrogen) atoms. The Morgan fingerprint density at radius 3 is 2.56 bits per heavy atom. The lowest BCUT2D eigenvalue weighted by Crippen LogP contribution is -2.51. The van der Waals surface area contributed by atoms with Crippen molar-refractivity contribution in [3.05, 3.63) is 33.8 Å². The molecule has 1 heterocycles. The first kappa shape index (κ1) is 20.1. The van der Waals surface area contributed by atoms with Gasteiger partial charge < -0.3 is 9.64 Å². The zero-order chi connectivity index (χ0) is 18.8. The molecule has 4 nitrogen and oxygen atoms in total. The van der Waals surface area contributed by atoms with Crippen LogP contribution in [0.25, 0.3) is 0 Å². The fourth-order valence-electron chi connectivity index (χ4n) is 3.17. The minimum Gasteiger partial charge on any atom is -0.444 e. The van der Waals surface area contributed by atoms with E-state index < -0.39 is 5.60 Å². The molecule has 0 N–H and O–H groups in total. The standard InChI is InChI=1S/C19H25Cl2NO3/c1-12-7-5-8-13(22(12)18(24)25-19(2,3)4)11-16(23)14-9-6-10-15(20)17(14)21/h6,9-10,12-13H,5,7-8,11H2,1-4H3. The topological polar surface area (TPSA) is 46.6 Å². The van der Waals surface area contributed by atoms with Gasteiger partial charge in [0, 0.05) is 24.1 Å². The van der Waals surface area contributed by atoms with Gasteiger partial charge in [0.2, 0.25) is 0 Å². The summed E-state index contributed by atoms with van der Waals surface area (Å²) in [5.41, 5.74) is -0.171. The van der Waals surface area contributed by atoms with Crippen molar-refractivity contribution in [1.82, 2.24) is 4.90 Å². The highest BCUT2D eigenvalue weighted by Crippen LogP contribution is 2.31. The van der Waals surface area contributed by atoms with Crippen LogP contribution >= 0.6 is 23.2 Å². The number of amides is 1. The summed E-state index contributed by atoms with van der Waals surface area (Å²) in [4.78, 5) is 27.1. The molecule has 1 saturated heterocycles. The highest BCUT2D eigenvalue weighted by Gasteiger charge is 2.36. The summed E-state index contributed by atoms with van der Waals surface area (Å²) in [5.74, 6) is -0.111. The predicted molar refractivity (Wildman–Crippen MR) is 101 cm³/mol. The lowest BCUT2D eigenvalue weighted by atomic mass is 9.92. The summed E-state index contributed by atoms with van der Waals surface area (Å²) < 4.78 is 5.54. The van der Waals surface area contributed by atoms with Crippen molar-refractivity contribution >= 4 is 35.1 Å². The minimum atomic E-state index is -0.570. The number of hydrogen-bond acceptors (Lipinski definition) is 3. The number of benzene rings is 1. The Morgan fingerprint density at radius 2 is 1.92 bits per heavy atom. The molecule has 1 amide bonds. The summed E-state index contributed by atoms with van der Waals surface area (Å²) >= 11 is 12.2. The maximum absolute atomic E-state index is 12.7. The van der Waals surface area contributed by atoms with Crippen LogP contribution in [0.4, 0.5) is 4.79 Å². The van der Waals surface area contributed by atoms with E-state index in [9.17, 15) is 9.59 Å². The number of carbonyl (C=O) groups excluding carboxylic acids is 2. The molecule has 2 rings (SSSR count). The summed E-state index contributed by atoms with van der Waals surface area (Å²) in [6.07, 6.45) is 2.50. The Bertz CT molecular complexity index is 655. The molecule has 1 aliphatic heterocycles. The average molecular weight is 386 g/mol. The summed E-state index contributed by atoms with van der Waals surface area (Å²) in [5, 5.41) is 0.621. The van der Waals surface area contributed by atoms with Gasteiger partial charge in [-0.1, -0.05) is 29.3 Å². The lowest BCUT2D eigenvalue weighted by molar-refractivity contribution is -0.00305. The van der Waals surface area contributed by atoms with Gasteiger partial charge in [-0.05, 0) is 59.1 Å². The molecule has 1 aliphatic rings. The van der Waals surface area contributed by atoms with Gasteiger partial charge in [-0.2, -0.15) is 0 Å². The molecule has 2 atom stereocenters. The van der Waals surface area contributed by atoms with E-state index in [1.54, 1.807) is 23.1 Å². The second kappa shape index (κ2) is 7.96. The van der Waals surface area contributed by atoms with Crippen LogP contribution in [0.2, 0.25) is 10.0 Å². The summed E-state index contributed by atoms with van der Waals surface area (Å²) in [6, 6.07) is 4.87. The van der Waals surface area contributed by atoms with Gasteiger partial charge in [0.1, 0.15) is 5.60 Å². The van der Waals surface area contributed by atoms with E-state index in [0.717, 1.165) is 19.3 Å². The Balaban J connectivity index is 2.18. The van der Waals surface area contributed by atoms with E-state index in [2.05, 4.69) is 0 Å². The molecule has 2 unspecified atom stereocenters. The van der Waals surface area contributed by atoms with E-state index in [1.165, 1.54) is 0 Å². The molecule has 1 aromatic carbocycles. The quantitative estimate of drug-likeness (QED) is 0.622. The Labute approximate surface area is 159 Å². The monoisotopic (exact) mass is 385 g/mol. The molecule has 0 bridgehead atoms. The van der Waals surface area contributed by atoms with Gasteiger partial charge in [-0.25, -0.2) is 4.79 Å². The average Bonchev–Trinajstić information content (AvgIpc) is 2.48. The number of carbonyl (C=O) groups is 2. The third-order valence-electron chi connectivity index (χ3n) is 4.30. The minimum absolute atomic E-state index is 0.0382. The van der Waals surface area contributed by atoms with Crippen molar-refractivity contribution in [2.45, 2.75) is 71.1 Å². The summed E-state index contributed by atoms with van der Waals surface area (Å²) in [6.45, 7) is 7.51. The van der Waals surface area contributed by atoms with Crippen LogP contribution in [-0.4, -0.2) is 34.5 Å². The lowest BCUT2D eigenvalue weighted by Gasteiger charge is -2.41. The smallest absolute Gasteiger partial charge is 0.410 e. The van der Waals surface area contributed by atoms with Gasteiger partial charge in [0.05, 0.1) is 10.0 Å². The predicted octanol–water partition coefficient (Wildman–Crippen LogP) is 5.74. The van der Waals surface area contributed by atoms with Crippen molar-refractivity contribution in [2.75, 3.05) is 0 Å². The first-order valence-corrected chi connectivity index (χ1v) is 9.34. The fraction of sp³-hybridized carbons (Fsp3) is 0.579. The van der Waals surface area contributed by atoms with Crippen LogP contribution in [-0.2, 0) is 4.74 Å². The van der Waals surface area contributed by atoms with Crippen molar-refractivity contribution in [3.63, 3.8) is 0 Å². The van der Waals surface area contributed by atoms with E-state index in [4.69, 9.17) is 27.9 Å². The summed E-state index contributed by atoms with van der Waals surface area (Å²) in [7, 11) is 0. The SMILES string of the molecule is CC1CCCC(CC(=O)c2cccc(Cl)c2Cl)N1C(=O)OC(C)(C)C. The zero-order valence-corrected chi connectivity index (χ0v) is 16.7. The second-order valence-electron chi connectivity index (χ2n) is 7.55. The van der Waals surface area contributed by atoms with E-state index in [0.29, 0.717) is 10.6 Å². The number of nitrogens with zero attached hydrogens (tertiary/aromatic N) is 1. The zero-order valence-electron chi connectivity index (χ0n) is 15.1. The number of rotatable bonds is 3. The number of likely N-dealkylation sites (tertiary alicyclic amines) is 1. The van der Waals surface area contributed by atoms with Crippen LogP contribution in [0.1, 0.15) is 63.7 Å². The Kier molecular flexibility index (Phi) is 6.39. The Morgan fingerprint density at radius 1 is 1.24 bits per heavy atom. The molecule has 0 saturated carbocycles. The van der Waals surface area contributed by atoms with Crippen LogP contribution < -0.4 is 0 Å². The molecule has 1 fully saturated rings. The number of halogens is 2. The molecule has 138 valence electrons. The molecular weight excluding hydrogens is 361 g/mol. The first-order valence-electron chi connectivity index (χ1n) is 8.58. The van der Waals surface area contributed by atoms with Gasteiger partial charge >= 0.3 is 6.09 Å². The number of hydrogen-bond donors (Lipinski definition) is 0. The molecule has 1 aromatic rings. The highest BCUT2D eigenvalue weighted by atomic mass is 35.5. The van der Waals surface area contributed by atoms with Crippen LogP contribution in [0, 0.1) is 0 Å². The Hall–Kier alpha value is -1.26. The third kappa shape index (κ3) is 5.11. The van der Waals surface area contributed by atoms with Crippen molar-refractivity contribution in [1.29, 1.82) is 0 Å². The van der Waals surface area contributed by atoms with Crippen molar-refractivity contribution in [2.24, 2.45) is 0 Å². The van der Waals surface area contributed by atoms with E-state index in [-0.39, 0.29) is 35.4 Å². The second-order valence-corrected chi connectivity index (χ2v) is 8.34. The molecule has 0 radical (unpaired) electrons. The third-order valence-corrected chi connectivity index (χ3v) is 5.12. The normalized spacial score (nSPS) is 21.1. The van der Waals surface area contributed by atoms with Gasteiger partial charge in [-0.15, -0.1) is 0 Å². The first-order chi connectivity index (χ1) is 11.6. The number of ether oxygens (including phenoxy) is 1. The molecule has 6 heteroatoms.